The Kier molecular flexibility index (Phi) is 5.47. The molecule has 0 aromatic heterocycles. The summed E-state index contributed by atoms with van der Waals surface area (Å²) < 4.78 is 0. The monoisotopic (exact) mass is 229 g/mol. The summed E-state index contributed by atoms with van der Waals surface area (Å²) in [6, 6.07) is 0. The molecule has 4 heteroatoms. The van der Waals surface area contributed by atoms with E-state index in [-0.39, 0.29) is 0 Å². The van der Waals surface area contributed by atoms with Crippen LogP contribution < -0.4 is 0 Å². The zero-order valence-electron chi connectivity index (χ0n) is 10.1. The second-order valence-electron chi connectivity index (χ2n) is 4.27. The molecule has 1 N–H and O–H groups in total. The Morgan fingerprint density at radius 3 is 2.47 bits per heavy atom. The molecule has 0 bridgehead atoms. The maximum Gasteiger partial charge on any atom is 0.106 e. The van der Waals surface area contributed by atoms with Gasteiger partial charge >= 0.3 is 0 Å². The number of nitrogens with zero attached hydrogens (tertiary/aromatic N) is 2. The van der Waals surface area contributed by atoms with Crippen LogP contribution in [0.2, 0.25) is 0 Å². The largest absolute Gasteiger partial charge is 0.357 e. The van der Waals surface area contributed by atoms with Crippen molar-refractivity contribution in [1.29, 1.82) is 5.41 Å². The molecule has 1 aliphatic heterocycles. The van der Waals surface area contributed by atoms with Crippen molar-refractivity contribution in [2.45, 2.75) is 25.5 Å². The van der Waals surface area contributed by atoms with Crippen LogP contribution in [0, 0.1) is 5.41 Å². The van der Waals surface area contributed by atoms with E-state index in [4.69, 9.17) is 5.41 Å². The minimum Gasteiger partial charge on any atom is -0.357 e. The molecule has 0 radical (unpaired) electrons. The molecule has 1 aliphatic rings. The SMILES string of the molecule is CCC(C)SCC(=N)N1CCN(C)CC1. The summed E-state index contributed by atoms with van der Waals surface area (Å²) in [5, 5.41) is 8.68. The third-order valence-corrected chi connectivity index (χ3v) is 4.31. The van der Waals surface area contributed by atoms with Crippen LogP contribution in [0.3, 0.4) is 0 Å². The predicted octanol–water partition coefficient (Wildman–Crippen LogP) is 1.74. The van der Waals surface area contributed by atoms with Gasteiger partial charge in [-0.3, -0.25) is 5.41 Å². The highest BCUT2D eigenvalue weighted by Gasteiger charge is 2.16. The molecule has 1 atom stereocenters. The van der Waals surface area contributed by atoms with Gasteiger partial charge in [-0.25, -0.2) is 0 Å². The Bertz CT molecular complexity index is 200. The highest BCUT2D eigenvalue weighted by atomic mass is 32.2. The summed E-state index contributed by atoms with van der Waals surface area (Å²) in [6.07, 6.45) is 1.20. The molecule has 0 aromatic carbocycles. The Morgan fingerprint density at radius 2 is 1.93 bits per heavy atom. The zero-order chi connectivity index (χ0) is 11.3. The van der Waals surface area contributed by atoms with Gasteiger partial charge in [0.05, 0.1) is 5.75 Å². The second kappa shape index (κ2) is 6.38. The number of thioether (sulfide) groups is 1. The van der Waals surface area contributed by atoms with E-state index >= 15 is 0 Å². The Balaban J connectivity index is 2.22. The van der Waals surface area contributed by atoms with Gasteiger partial charge in [-0.15, -0.1) is 0 Å². The van der Waals surface area contributed by atoms with Crippen molar-refractivity contribution in [2.24, 2.45) is 0 Å². The number of amidine groups is 1. The quantitative estimate of drug-likeness (QED) is 0.588. The minimum atomic E-state index is 0.679. The number of likely N-dealkylation sites (N-methyl/N-ethyl adjacent to an activating group) is 1. The lowest BCUT2D eigenvalue weighted by atomic mass is 10.3. The number of nitrogens with one attached hydrogen (secondary N) is 1. The summed E-state index contributed by atoms with van der Waals surface area (Å²) >= 11 is 1.90. The maximum atomic E-state index is 8.00. The van der Waals surface area contributed by atoms with E-state index in [9.17, 15) is 0 Å². The second-order valence-corrected chi connectivity index (χ2v) is 5.69. The lowest BCUT2D eigenvalue weighted by Gasteiger charge is -2.34. The van der Waals surface area contributed by atoms with Crippen LogP contribution in [0.25, 0.3) is 0 Å². The molecular weight excluding hydrogens is 206 g/mol. The van der Waals surface area contributed by atoms with E-state index in [0.29, 0.717) is 5.25 Å². The smallest absolute Gasteiger partial charge is 0.106 e. The first-order chi connectivity index (χ1) is 7.13. The normalized spacial score (nSPS) is 20.3. The first kappa shape index (κ1) is 12.8. The molecular formula is C11H23N3S. The van der Waals surface area contributed by atoms with Gasteiger partial charge < -0.3 is 9.80 Å². The number of hydrogen-bond acceptors (Lipinski definition) is 3. The van der Waals surface area contributed by atoms with Crippen LogP contribution in [0.5, 0.6) is 0 Å². The molecule has 0 aliphatic carbocycles. The summed E-state index contributed by atoms with van der Waals surface area (Å²) in [7, 11) is 2.15. The summed E-state index contributed by atoms with van der Waals surface area (Å²) in [6.45, 7) is 8.68. The molecule has 1 unspecified atom stereocenters. The van der Waals surface area contributed by atoms with E-state index < -0.39 is 0 Å². The highest BCUT2D eigenvalue weighted by molar-refractivity contribution is 8.00. The number of hydrogen-bond donors (Lipinski definition) is 1. The fourth-order valence-electron chi connectivity index (χ4n) is 1.51. The fraction of sp³-hybridized carbons (Fsp3) is 0.909. The van der Waals surface area contributed by atoms with Gasteiger partial charge in [-0.05, 0) is 13.5 Å². The molecule has 88 valence electrons. The Labute approximate surface area is 97.7 Å². The van der Waals surface area contributed by atoms with Crippen molar-refractivity contribution in [3.8, 4) is 0 Å². The molecule has 0 amide bonds. The minimum absolute atomic E-state index is 0.679. The van der Waals surface area contributed by atoms with Gasteiger partial charge in [0.1, 0.15) is 5.84 Å². The van der Waals surface area contributed by atoms with Gasteiger partial charge in [-0.1, -0.05) is 13.8 Å². The van der Waals surface area contributed by atoms with Crippen LogP contribution in [-0.2, 0) is 0 Å². The van der Waals surface area contributed by atoms with Gasteiger partial charge in [-0.2, -0.15) is 11.8 Å². The third kappa shape index (κ3) is 4.43. The van der Waals surface area contributed by atoms with Gasteiger partial charge in [0.2, 0.25) is 0 Å². The van der Waals surface area contributed by atoms with E-state index in [1.165, 1.54) is 6.42 Å². The number of rotatable bonds is 4. The lowest BCUT2D eigenvalue weighted by molar-refractivity contribution is 0.214. The predicted molar refractivity (Wildman–Crippen MR) is 69.0 cm³/mol. The molecule has 0 aromatic rings. The summed E-state index contributed by atoms with van der Waals surface area (Å²) in [5.41, 5.74) is 0. The maximum absolute atomic E-state index is 8.00. The lowest BCUT2D eigenvalue weighted by Crippen LogP contribution is -2.47. The van der Waals surface area contributed by atoms with E-state index in [1.54, 1.807) is 0 Å². The van der Waals surface area contributed by atoms with E-state index in [0.717, 1.165) is 37.8 Å². The standard InChI is InChI=1S/C11H23N3S/c1-4-10(2)15-9-11(12)14-7-5-13(3)6-8-14/h10,12H,4-9H2,1-3H3. The van der Waals surface area contributed by atoms with E-state index in [2.05, 4.69) is 30.7 Å². The highest BCUT2D eigenvalue weighted by Crippen LogP contribution is 2.14. The number of piperazine rings is 1. The first-order valence-corrected chi connectivity index (χ1v) is 6.81. The Hall–Kier alpha value is -0.220. The molecule has 0 spiro atoms. The molecule has 3 nitrogen and oxygen atoms in total. The topological polar surface area (TPSA) is 30.3 Å². The van der Waals surface area contributed by atoms with Crippen LogP contribution in [0.1, 0.15) is 20.3 Å². The first-order valence-electron chi connectivity index (χ1n) is 5.76. The van der Waals surface area contributed by atoms with E-state index in [1.807, 2.05) is 11.8 Å². The van der Waals surface area contributed by atoms with Crippen LogP contribution in [-0.4, -0.2) is 59.9 Å². The van der Waals surface area contributed by atoms with Gasteiger partial charge in [0.25, 0.3) is 0 Å². The molecule has 1 saturated heterocycles. The molecule has 1 fully saturated rings. The van der Waals surface area contributed by atoms with Crippen LogP contribution in [0.4, 0.5) is 0 Å². The third-order valence-electron chi connectivity index (χ3n) is 2.96. The van der Waals surface area contributed by atoms with Crippen LogP contribution >= 0.6 is 11.8 Å². The van der Waals surface area contributed by atoms with Crippen molar-refractivity contribution >= 4 is 17.6 Å². The van der Waals surface area contributed by atoms with Crippen molar-refractivity contribution in [2.75, 3.05) is 39.0 Å². The van der Waals surface area contributed by atoms with Crippen molar-refractivity contribution in [3.05, 3.63) is 0 Å². The van der Waals surface area contributed by atoms with Crippen molar-refractivity contribution in [1.82, 2.24) is 9.80 Å². The molecule has 1 rings (SSSR count). The van der Waals surface area contributed by atoms with Gasteiger partial charge in [0.15, 0.2) is 0 Å². The van der Waals surface area contributed by atoms with Crippen LogP contribution in [0.15, 0.2) is 0 Å². The zero-order valence-corrected chi connectivity index (χ0v) is 10.9. The van der Waals surface area contributed by atoms with Crippen molar-refractivity contribution < 1.29 is 0 Å². The average Bonchev–Trinajstić information content (AvgIpc) is 2.26. The van der Waals surface area contributed by atoms with Crippen molar-refractivity contribution in [3.63, 3.8) is 0 Å². The molecule has 15 heavy (non-hydrogen) atoms. The fourth-order valence-corrected chi connectivity index (χ4v) is 2.37. The molecule has 1 heterocycles. The Morgan fingerprint density at radius 1 is 1.33 bits per heavy atom. The van der Waals surface area contributed by atoms with Gasteiger partial charge in [0, 0.05) is 31.4 Å². The average molecular weight is 229 g/mol. The summed E-state index contributed by atoms with van der Waals surface area (Å²) in [5.74, 6) is 1.69. The summed E-state index contributed by atoms with van der Waals surface area (Å²) in [4.78, 5) is 4.54. The molecule has 0 saturated carbocycles.